The first-order chi connectivity index (χ1) is 4.31. The van der Waals surface area contributed by atoms with Crippen LogP contribution in [-0.2, 0) is 9.26 Å². The summed E-state index contributed by atoms with van der Waals surface area (Å²) in [6.07, 6.45) is -0.485. The van der Waals surface area contributed by atoms with Crippen LogP contribution in [0.2, 0.25) is 0 Å². The fourth-order valence-electron chi connectivity index (χ4n) is 0.292. The second kappa shape index (κ2) is 5.79. The van der Waals surface area contributed by atoms with Gasteiger partial charge in [-0.2, -0.15) is 0 Å². The third kappa shape index (κ3) is 5.54. The Balaban J connectivity index is 3.06. The Morgan fingerprint density at radius 1 is 1.89 bits per heavy atom. The highest BCUT2D eigenvalue weighted by Crippen LogP contribution is 1.73. The van der Waals surface area contributed by atoms with Gasteiger partial charge in [-0.15, -0.1) is 0 Å². The number of hydrogen-bond donors (Lipinski definition) is 1. The van der Waals surface area contributed by atoms with Crippen LogP contribution >= 0.6 is 0 Å². The molecule has 0 unspecified atom stereocenters. The van der Waals surface area contributed by atoms with Crippen molar-refractivity contribution in [3.05, 3.63) is 0 Å². The Labute approximate surface area is 59.0 Å². The summed E-state index contributed by atoms with van der Waals surface area (Å²) in [6, 6.07) is 0. The summed E-state index contributed by atoms with van der Waals surface area (Å²) in [5.74, 6) is 0. The summed E-state index contributed by atoms with van der Waals surface area (Å²) in [6.45, 7) is 2.13. The summed E-state index contributed by atoms with van der Waals surface area (Å²) < 4.78 is 9.23. The van der Waals surface area contributed by atoms with E-state index >= 15 is 0 Å². The molecule has 0 saturated heterocycles. The zero-order valence-electron chi connectivity index (χ0n) is 5.64. The smallest absolute Gasteiger partial charge is 0.430 e. The van der Waals surface area contributed by atoms with Crippen LogP contribution in [0.5, 0.6) is 0 Å². The molecular formula is C3H11NO3Si2. The normalized spacial score (nSPS) is 10.3. The van der Waals surface area contributed by atoms with Gasteiger partial charge in [-0.3, -0.25) is 0 Å². The first-order valence-corrected chi connectivity index (χ1v) is 9.09. The molecule has 54 valence electrons. The van der Waals surface area contributed by atoms with Crippen molar-refractivity contribution in [2.24, 2.45) is 0 Å². The van der Waals surface area contributed by atoms with E-state index in [-0.39, 0.29) is 0 Å². The Hall–Kier alpha value is -0.336. The molecule has 0 spiro atoms. The van der Waals surface area contributed by atoms with Crippen LogP contribution < -0.4 is 5.48 Å². The molecule has 0 aliphatic carbocycles. The van der Waals surface area contributed by atoms with E-state index < -0.39 is 15.4 Å². The minimum atomic E-state index is -0.485. The SMILES string of the molecule is CCOC(=O)NO[SiH2][SiH3]. The van der Waals surface area contributed by atoms with Crippen LogP contribution in [0.15, 0.2) is 0 Å². The molecule has 0 aromatic carbocycles. The van der Waals surface area contributed by atoms with E-state index in [2.05, 4.69) is 10.2 Å². The van der Waals surface area contributed by atoms with Crippen molar-refractivity contribution in [2.75, 3.05) is 6.61 Å². The van der Waals surface area contributed by atoms with Gasteiger partial charge in [-0.1, -0.05) is 0 Å². The maximum absolute atomic E-state index is 10.4. The minimum absolute atomic E-state index is 0.387. The largest absolute Gasteiger partial charge is 0.448 e. The van der Waals surface area contributed by atoms with E-state index in [4.69, 9.17) is 4.53 Å². The van der Waals surface area contributed by atoms with E-state index in [1.54, 1.807) is 6.92 Å². The molecule has 0 aliphatic heterocycles. The number of hydroxylamine groups is 1. The van der Waals surface area contributed by atoms with Gasteiger partial charge in [0.25, 0.3) is 0 Å². The zero-order valence-corrected chi connectivity index (χ0v) is 9.05. The summed E-state index contributed by atoms with van der Waals surface area (Å²) in [4.78, 5) is 10.4. The molecule has 9 heavy (non-hydrogen) atoms. The van der Waals surface area contributed by atoms with E-state index in [0.717, 1.165) is 9.76 Å². The average molecular weight is 165 g/mol. The van der Waals surface area contributed by atoms with Crippen molar-refractivity contribution in [1.29, 1.82) is 0 Å². The summed E-state index contributed by atoms with van der Waals surface area (Å²) in [5, 5.41) is 0. The molecule has 0 atom stereocenters. The van der Waals surface area contributed by atoms with Gasteiger partial charge >= 0.3 is 6.09 Å². The van der Waals surface area contributed by atoms with Crippen LogP contribution in [0.25, 0.3) is 0 Å². The lowest BCUT2D eigenvalue weighted by molar-refractivity contribution is 0.108. The van der Waals surface area contributed by atoms with E-state index in [1.807, 2.05) is 0 Å². The number of nitrogens with one attached hydrogen (secondary N) is 1. The lowest BCUT2D eigenvalue weighted by atomic mass is 10.9. The minimum Gasteiger partial charge on any atom is -0.448 e. The number of carbonyl (C=O) groups is 1. The van der Waals surface area contributed by atoms with Gasteiger partial charge in [0.1, 0.15) is 0 Å². The van der Waals surface area contributed by atoms with Crippen molar-refractivity contribution in [2.45, 2.75) is 6.92 Å². The van der Waals surface area contributed by atoms with Crippen LogP contribution in [-0.4, -0.2) is 31.7 Å². The lowest BCUT2D eigenvalue weighted by Gasteiger charge is -2.02. The highest BCUT2D eigenvalue weighted by atomic mass is 29.1. The van der Waals surface area contributed by atoms with Gasteiger partial charge in [0.15, 0.2) is 9.28 Å². The topological polar surface area (TPSA) is 47.6 Å². The molecule has 1 N–H and O–H groups in total. The molecule has 0 aromatic rings. The molecule has 0 heterocycles. The van der Waals surface area contributed by atoms with E-state index in [0.29, 0.717) is 6.61 Å². The highest BCUT2D eigenvalue weighted by molar-refractivity contribution is 6.85. The van der Waals surface area contributed by atoms with Crippen molar-refractivity contribution in [1.82, 2.24) is 5.48 Å². The third-order valence-electron chi connectivity index (χ3n) is 0.575. The zero-order chi connectivity index (χ0) is 7.11. The van der Waals surface area contributed by atoms with E-state index in [9.17, 15) is 4.79 Å². The molecule has 0 bridgehead atoms. The van der Waals surface area contributed by atoms with Crippen LogP contribution in [0.4, 0.5) is 4.79 Å². The Morgan fingerprint density at radius 3 is 3.00 bits per heavy atom. The van der Waals surface area contributed by atoms with E-state index in [1.165, 1.54) is 0 Å². The fourth-order valence-corrected chi connectivity index (χ4v) is 0.987. The van der Waals surface area contributed by atoms with Crippen molar-refractivity contribution >= 4 is 25.1 Å². The van der Waals surface area contributed by atoms with Gasteiger partial charge < -0.3 is 9.26 Å². The predicted octanol–water partition coefficient (Wildman–Crippen LogP) is -1.97. The summed E-state index contributed by atoms with van der Waals surface area (Å²) in [5.41, 5.74) is 2.17. The standard InChI is InChI=1S/C3H11NO3Si2/c1-2-6-3(5)4-7-9-8/h2,9H2,1,8H3,(H,4,5). The monoisotopic (exact) mass is 165 g/mol. The van der Waals surface area contributed by atoms with Crippen molar-refractivity contribution in [3.63, 3.8) is 0 Å². The van der Waals surface area contributed by atoms with Gasteiger partial charge in [0, 0.05) is 9.76 Å². The van der Waals surface area contributed by atoms with Crippen molar-refractivity contribution < 1.29 is 14.1 Å². The first-order valence-electron chi connectivity index (χ1n) is 2.85. The van der Waals surface area contributed by atoms with Crippen LogP contribution in [0.3, 0.4) is 0 Å². The second-order valence-electron chi connectivity index (χ2n) is 1.26. The molecule has 0 fully saturated rings. The summed E-state index contributed by atoms with van der Waals surface area (Å²) >= 11 is 0. The third-order valence-corrected chi connectivity index (χ3v) is 1.87. The number of ether oxygens (including phenoxy) is 1. The molecule has 0 aromatic heterocycles. The maximum Gasteiger partial charge on any atom is 0.430 e. The molecule has 0 radical (unpaired) electrons. The first kappa shape index (κ1) is 8.66. The molecule has 1 amide bonds. The maximum atomic E-state index is 10.4. The van der Waals surface area contributed by atoms with Crippen LogP contribution in [0.1, 0.15) is 6.92 Å². The quantitative estimate of drug-likeness (QED) is 0.390. The fraction of sp³-hybridized carbons (Fsp3) is 0.667. The van der Waals surface area contributed by atoms with Gasteiger partial charge in [0.05, 0.1) is 6.61 Å². The van der Waals surface area contributed by atoms with Crippen LogP contribution in [0, 0.1) is 0 Å². The molecule has 6 heteroatoms. The van der Waals surface area contributed by atoms with Gasteiger partial charge in [0.2, 0.25) is 0 Å². The number of rotatable bonds is 3. The molecule has 0 rings (SSSR count). The highest BCUT2D eigenvalue weighted by Gasteiger charge is 1.95. The number of hydrogen-bond acceptors (Lipinski definition) is 3. The van der Waals surface area contributed by atoms with Crippen molar-refractivity contribution in [3.8, 4) is 0 Å². The average Bonchev–Trinajstić information content (AvgIpc) is 1.85. The molecule has 0 aliphatic rings. The second-order valence-corrected chi connectivity index (χ2v) is 3.85. The van der Waals surface area contributed by atoms with Gasteiger partial charge in [-0.25, -0.2) is 10.3 Å². The lowest BCUT2D eigenvalue weighted by Crippen LogP contribution is -2.26. The number of carbonyl (C=O) groups excluding carboxylic acids is 1. The molecular weight excluding hydrogens is 154 g/mol. The molecule has 4 nitrogen and oxygen atoms in total. The van der Waals surface area contributed by atoms with Gasteiger partial charge in [-0.05, 0) is 6.92 Å². The Bertz CT molecular complexity index is 89.1. The predicted molar refractivity (Wildman–Crippen MR) is 39.7 cm³/mol. The Morgan fingerprint density at radius 2 is 2.56 bits per heavy atom. The molecule has 0 saturated carbocycles. The number of amides is 1. The summed E-state index contributed by atoms with van der Waals surface area (Å²) in [7, 11) is 0.626. The Kier molecular flexibility index (Phi) is 5.58.